The summed E-state index contributed by atoms with van der Waals surface area (Å²) in [6, 6.07) is 12.8. The quantitative estimate of drug-likeness (QED) is 0.464. The maximum absolute atomic E-state index is 12.8. The van der Waals surface area contributed by atoms with E-state index in [0.717, 1.165) is 28.6 Å². The molecule has 3 rings (SSSR count). The third kappa shape index (κ3) is 6.20. The smallest absolute Gasteiger partial charge is 0.294 e. The number of rotatable bonds is 9. The molecular weight excluding hydrogens is 452 g/mol. The molecule has 1 aliphatic heterocycles. The fraction of sp³-hybridized carbons (Fsp3) is 0.346. The molecule has 1 fully saturated rings. The molecule has 3 amide bonds. The zero-order valence-corrected chi connectivity index (χ0v) is 20.9. The molecular formula is C26H30N2O5S. The Kier molecular flexibility index (Phi) is 8.39. The molecule has 0 spiro atoms. The lowest BCUT2D eigenvalue weighted by Crippen LogP contribution is -2.36. The summed E-state index contributed by atoms with van der Waals surface area (Å²) in [7, 11) is 1.55. The van der Waals surface area contributed by atoms with Gasteiger partial charge in [0.2, 0.25) is 5.91 Å². The lowest BCUT2D eigenvalue weighted by atomic mass is 10.0. The van der Waals surface area contributed by atoms with Crippen LogP contribution in [0.3, 0.4) is 0 Å². The zero-order chi connectivity index (χ0) is 24.8. The molecule has 8 heteroatoms. The molecule has 2 aromatic rings. The van der Waals surface area contributed by atoms with Gasteiger partial charge in [-0.15, -0.1) is 0 Å². The van der Waals surface area contributed by atoms with Gasteiger partial charge >= 0.3 is 0 Å². The van der Waals surface area contributed by atoms with Crippen molar-refractivity contribution in [3.63, 3.8) is 0 Å². The van der Waals surface area contributed by atoms with Gasteiger partial charge < -0.3 is 14.8 Å². The molecule has 0 aromatic heterocycles. The zero-order valence-electron chi connectivity index (χ0n) is 20.1. The Labute approximate surface area is 204 Å². The number of methoxy groups -OCH3 is 1. The number of amides is 3. The van der Waals surface area contributed by atoms with Crippen molar-refractivity contribution in [1.29, 1.82) is 0 Å². The van der Waals surface area contributed by atoms with Gasteiger partial charge in [-0.1, -0.05) is 39.0 Å². The average molecular weight is 483 g/mol. The number of ether oxygens (including phenoxy) is 2. The van der Waals surface area contributed by atoms with E-state index in [1.54, 1.807) is 31.4 Å². The Balaban J connectivity index is 1.68. The van der Waals surface area contributed by atoms with E-state index in [1.165, 1.54) is 0 Å². The summed E-state index contributed by atoms with van der Waals surface area (Å²) in [6.45, 7) is 7.84. The molecule has 0 bridgehead atoms. The number of imide groups is 1. The number of anilines is 1. The predicted molar refractivity (Wildman–Crippen MR) is 135 cm³/mol. The molecule has 0 radical (unpaired) electrons. The highest BCUT2D eigenvalue weighted by atomic mass is 32.2. The fourth-order valence-corrected chi connectivity index (χ4v) is 4.09. The molecule has 0 unspecified atom stereocenters. The number of hydrogen-bond acceptors (Lipinski definition) is 6. The number of carbonyl (C=O) groups excluding carboxylic acids is 3. The maximum atomic E-state index is 12.8. The molecule has 1 heterocycles. The second kappa shape index (κ2) is 11.2. The van der Waals surface area contributed by atoms with Gasteiger partial charge in [-0.2, -0.15) is 0 Å². The topological polar surface area (TPSA) is 84.9 Å². The van der Waals surface area contributed by atoms with Crippen LogP contribution < -0.4 is 14.8 Å². The second-order valence-electron chi connectivity index (χ2n) is 8.34. The summed E-state index contributed by atoms with van der Waals surface area (Å²) < 4.78 is 11.3. The van der Waals surface area contributed by atoms with E-state index in [9.17, 15) is 14.4 Å². The summed E-state index contributed by atoms with van der Waals surface area (Å²) in [6.07, 6.45) is 2.51. The van der Waals surface area contributed by atoms with E-state index in [0.29, 0.717) is 28.7 Å². The van der Waals surface area contributed by atoms with E-state index in [1.807, 2.05) is 38.1 Å². The van der Waals surface area contributed by atoms with E-state index in [-0.39, 0.29) is 17.6 Å². The third-order valence-corrected chi connectivity index (χ3v) is 6.33. The van der Waals surface area contributed by atoms with Crippen molar-refractivity contribution in [2.45, 2.75) is 46.1 Å². The molecule has 1 saturated heterocycles. The van der Waals surface area contributed by atoms with Gasteiger partial charge in [0.1, 0.15) is 6.54 Å². The largest absolute Gasteiger partial charge is 0.493 e. The van der Waals surface area contributed by atoms with Crippen molar-refractivity contribution in [3.05, 3.63) is 58.5 Å². The van der Waals surface area contributed by atoms with Crippen LogP contribution in [0.15, 0.2) is 47.4 Å². The molecule has 0 saturated carbocycles. The van der Waals surface area contributed by atoms with Crippen molar-refractivity contribution < 1.29 is 23.9 Å². The summed E-state index contributed by atoms with van der Waals surface area (Å²) in [5.74, 6) is 0.597. The van der Waals surface area contributed by atoms with Crippen molar-refractivity contribution in [3.8, 4) is 11.5 Å². The number of thioether (sulfide) groups is 1. The molecule has 1 N–H and O–H groups in total. The summed E-state index contributed by atoms with van der Waals surface area (Å²) in [5.41, 5.74) is 2.46. The van der Waals surface area contributed by atoms with Crippen molar-refractivity contribution in [2.75, 3.05) is 19.0 Å². The highest BCUT2D eigenvalue weighted by Gasteiger charge is 2.36. The average Bonchev–Trinajstić information content (AvgIpc) is 3.07. The second-order valence-corrected chi connectivity index (χ2v) is 9.33. The van der Waals surface area contributed by atoms with E-state index in [4.69, 9.17) is 9.47 Å². The van der Waals surface area contributed by atoms with Gasteiger partial charge in [0.05, 0.1) is 18.1 Å². The molecule has 1 aliphatic rings. The molecule has 180 valence electrons. The summed E-state index contributed by atoms with van der Waals surface area (Å²) in [4.78, 5) is 38.9. The Morgan fingerprint density at radius 2 is 1.79 bits per heavy atom. The normalized spacial score (nSPS) is 15.7. The van der Waals surface area contributed by atoms with Gasteiger partial charge in [-0.25, -0.2) is 0 Å². The number of carbonyl (C=O) groups is 3. The molecule has 1 atom stereocenters. The minimum atomic E-state index is -0.501. The fourth-order valence-electron chi connectivity index (χ4n) is 3.25. The van der Waals surface area contributed by atoms with Crippen molar-refractivity contribution in [1.82, 2.24) is 4.90 Å². The van der Waals surface area contributed by atoms with Crippen LogP contribution in [0.1, 0.15) is 51.2 Å². The van der Waals surface area contributed by atoms with Crippen LogP contribution in [0.4, 0.5) is 10.5 Å². The first-order valence-electron chi connectivity index (χ1n) is 11.2. The minimum absolute atomic E-state index is 0.0375. The Bertz CT molecular complexity index is 1090. The monoisotopic (exact) mass is 482 g/mol. The highest BCUT2D eigenvalue weighted by molar-refractivity contribution is 8.18. The summed E-state index contributed by atoms with van der Waals surface area (Å²) in [5, 5.41) is 2.26. The highest BCUT2D eigenvalue weighted by Crippen LogP contribution is 2.35. The first-order valence-corrected chi connectivity index (χ1v) is 12.0. The van der Waals surface area contributed by atoms with Gasteiger partial charge in [0.25, 0.3) is 11.1 Å². The van der Waals surface area contributed by atoms with E-state index >= 15 is 0 Å². The lowest BCUT2D eigenvalue weighted by Gasteiger charge is -2.15. The van der Waals surface area contributed by atoms with Gasteiger partial charge in [-0.05, 0) is 72.5 Å². The minimum Gasteiger partial charge on any atom is -0.493 e. The summed E-state index contributed by atoms with van der Waals surface area (Å²) >= 11 is 0.808. The molecule has 34 heavy (non-hydrogen) atoms. The van der Waals surface area contributed by atoms with Crippen LogP contribution in [-0.2, 0) is 9.59 Å². The molecule has 2 aromatic carbocycles. The molecule has 0 aliphatic carbocycles. The van der Waals surface area contributed by atoms with Crippen LogP contribution in [-0.4, -0.2) is 41.7 Å². The first-order chi connectivity index (χ1) is 16.2. The van der Waals surface area contributed by atoms with E-state index < -0.39 is 17.1 Å². The maximum Gasteiger partial charge on any atom is 0.294 e. The molecule has 7 nitrogen and oxygen atoms in total. The Morgan fingerprint density at radius 1 is 1.09 bits per heavy atom. The van der Waals surface area contributed by atoms with Gasteiger partial charge in [0, 0.05) is 5.69 Å². The standard InChI is InChI=1S/C26H30N2O5S/c1-6-17(4)33-21-12-7-18(13-22(21)32-5)14-23-25(30)28(26(31)34-23)15-24(29)27-20-10-8-19(9-11-20)16(2)3/h7-14,16-17H,6,15H2,1-5H3,(H,27,29)/b23-14-/t17-/m1/s1. The number of hydrogen-bond donors (Lipinski definition) is 1. The van der Waals surface area contributed by atoms with Crippen molar-refractivity contribution in [2.24, 2.45) is 0 Å². The van der Waals surface area contributed by atoms with Crippen LogP contribution in [0, 0.1) is 0 Å². The SMILES string of the molecule is CC[C@@H](C)Oc1ccc(/C=C2\SC(=O)N(CC(=O)Nc3ccc(C(C)C)cc3)C2=O)cc1OC. The Morgan fingerprint density at radius 3 is 2.41 bits per heavy atom. The van der Waals surface area contributed by atoms with E-state index in [2.05, 4.69) is 19.2 Å². The van der Waals surface area contributed by atoms with Crippen molar-refractivity contribution >= 4 is 40.6 Å². The first kappa shape index (κ1) is 25.4. The predicted octanol–water partition coefficient (Wildman–Crippen LogP) is 5.67. The van der Waals surface area contributed by atoms with Crippen LogP contribution in [0.2, 0.25) is 0 Å². The lowest BCUT2D eigenvalue weighted by molar-refractivity contribution is -0.127. The van der Waals surface area contributed by atoms with Crippen LogP contribution >= 0.6 is 11.8 Å². The van der Waals surface area contributed by atoms with Gasteiger partial charge in [-0.3, -0.25) is 19.3 Å². The van der Waals surface area contributed by atoms with Gasteiger partial charge in [0.15, 0.2) is 11.5 Å². The van der Waals surface area contributed by atoms with Crippen LogP contribution in [0.5, 0.6) is 11.5 Å². The van der Waals surface area contributed by atoms with Crippen LogP contribution in [0.25, 0.3) is 6.08 Å². The number of nitrogens with one attached hydrogen (secondary N) is 1. The number of nitrogens with zero attached hydrogens (tertiary/aromatic N) is 1. The third-order valence-electron chi connectivity index (χ3n) is 5.42. The Hall–Kier alpha value is -3.26. The number of benzene rings is 2.